The molecule has 1 aromatic heterocycles. The number of anilines is 1. The molecule has 0 saturated carbocycles. The van der Waals surface area contributed by atoms with Crippen LogP contribution in [0.2, 0.25) is 0 Å². The highest BCUT2D eigenvalue weighted by molar-refractivity contribution is 7.14. The third-order valence-corrected chi connectivity index (χ3v) is 6.55. The minimum Gasteiger partial charge on any atom is -0.503 e. The van der Waals surface area contributed by atoms with Gasteiger partial charge < -0.3 is 14.6 Å². The molecule has 0 bridgehead atoms. The maximum absolute atomic E-state index is 13.6. The van der Waals surface area contributed by atoms with Crippen LogP contribution in [0.15, 0.2) is 59.9 Å². The number of thiazole rings is 1. The predicted octanol–water partition coefficient (Wildman–Crippen LogP) is 4.31. The summed E-state index contributed by atoms with van der Waals surface area (Å²) in [6.07, 6.45) is 0. The topological polar surface area (TPSA) is 89.0 Å². The molecule has 2 aliphatic rings. The molecule has 1 unspecified atom stereocenters. The molecule has 5 rings (SSSR count). The number of hydrogen-bond acceptors (Lipinski definition) is 7. The quantitative estimate of drug-likeness (QED) is 0.598. The zero-order valence-electron chi connectivity index (χ0n) is 17.5. The number of ether oxygens (including phenoxy) is 2. The lowest BCUT2D eigenvalue weighted by atomic mass is 9.95. The van der Waals surface area contributed by atoms with Crippen LogP contribution in [0.3, 0.4) is 0 Å². The Hall–Kier alpha value is -3.65. The monoisotopic (exact) mass is 448 g/mol. The minimum atomic E-state index is -0.791. The largest absolute Gasteiger partial charge is 0.503 e. The molecule has 2 aliphatic heterocycles. The van der Waals surface area contributed by atoms with E-state index in [1.54, 1.807) is 25.1 Å². The van der Waals surface area contributed by atoms with Gasteiger partial charge in [0.1, 0.15) is 13.2 Å². The SMILES string of the molecule is Cc1nc(C)c(C(=O)C2=C(O)C(=O)N(c3ccc4c(c3)OCCO4)C2c2ccccc2)s1. The van der Waals surface area contributed by atoms with Gasteiger partial charge in [-0.25, -0.2) is 4.98 Å². The first kappa shape index (κ1) is 20.3. The lowest BCUT2D eigenvalue weighted by Gasteiger charge is -2.28. The average molecular weight is 449 g/mol. The van der Waals surface area contributed by atoms with Crippen LogP contribution in [0.5, 0.6) is 11.5 Å². The van der Waals surface area contributed by atoms with Crippen molar-refractivity contribution in [3.63, 3.8) is 0 Å². The first-order valence-corrected chi connectivity index (χ1v) is 11.0. The molecule has 0 saturated heterocycles. The molecule has 1 atom stereocenters. The third kappa shape index (κ3) is 3.23. The number of aromatic nitrogens is 1. The Balaban J connectivity index is 1.65. The predicted molar refractivity (Wildman–Crippen MR) is 120 cm³/mol. The van der Waals surface area contributed by atoms with E-state index in [2.05, 4.69) is 4.98 Å². The lowest BCUT2D eigenvalue weighted by molar-refractivity contribution is -0.117. The summed E-state index contributed by atoms with van der Waals surface area (Å²) in [5.74, 6) is -0.483. The van der Waals surface area contributed by atoms with Crippen molar-refractivity contribution in [3.8, 4) is 11.5 Å². The summed E-state index contributed by atoms with van der Waals surface area (Å²) in [7, 11) is 0. The second-order valence-corrected chi connectivity index (χ2v) is 8.76. The van der Waals surface area contributed by atoms with Crippen LogP contribution in [0.1, 0.15) is 32.0 Å². The summed E-state index contributed by atoms with van der Waals surface area (Å²) in [6, 6.07) is 13.6. The third-order valence-electron chi connectivity index (χ3n) is 5.48. The van der Waals surface area contributed by atoms with Gasteiger partial charge in [-0.3, -0.25) is 14.5 Å². The Morgan fingerprint density at radius 1 is 1.09 bits per heavy atom. The van der Waals surface area contributed by atoms with E-state index in [4.69, 9.17) is 9.47 Å². The van der Waals surface area contributed by atoms with Crippen LogP contribution < -0.4 is 14.4 Å². The molecule has 0 radical (unpaired) electrons. The summed E-state index contributed by atoms with van der Waals surface area (Å²) in [5, 5.41) is 11.6. The van der Waals surface area contributed by atoms with Gasteiger partial charge in [-0.05, 0) is 31.5 Å². The number of fused-ring (bicyclic) bond motifs is 1. The van der Waals surface area contributed by atoms with Crippen LogP contribution in [0.4, 0.5) is 5.69 Å². The molecule has 8 heteroatoms. The fourth-order valence-electron chi connectivity index (χ4n) is 4.10. The van der Waals surface area contributed by atoms with Crippen molar-refractivity contribution in [2.75, 3.05) is 18.1 Å². The summed E-state index contributed by atoms with van der Waals surface area (Å²) in [5.41, 5.74) is 1.83. The number of ketones is 1. The summed E-state index contributed by atoms with van der Waals surface area (Å²) >= 11 is 1.25. The molecule has 0 aliphatic carbocycles. The number of amides is 1. The van der Waals surface area contributed by atoms with Gasteiger partial charge in [0.15, 0.2) is 17.3 Å². The van der Waals surface area contributed by atoms with E-state index in [1.807, 2.05) is 37.3 Å². The second kappa shape index (κ2) is 7.80. The van der Waals surface area contributed by atoms with Crippen molar-refractivity contribution >= 4 is 28.7 Å². The van der Waals surface area contributed by atoms with Gasteiger partial charge in [-0.15, -0.1) is 11.3 Å². The first-order chi connectivity index (χ1) is 15.5. The normalized spacial score (nSPS) is 17.8. The van der Waals surface area contributed by atoms with Crippen molar-refractivity contribution in [2.45, 2.75) is 19.9 Å². The minimum absolute atomic E-state index is 0.0443. The molecular weight excluding hydrogens is 428 g/mol. The fraction of sp³-hybridized carbons (Fsp3) is 0.208. The molecule has 2 aromatic carbocycles. The molecule has 3 aromatic rings. The van der Waals surface area contributed by atoms with Crippen LogP contribution in [0.25, 0.3) is 0 Å². The van der Waals surface area contributed by atoms with Crippen molar-refractivity contribution in [3.05, 3.63) is 81.0 Å². The number of aliphatic hydroxyl groups excluding tert-OH is 1. The Morgan fingerprint density at radius 2 is 1.81 bits per heavy atom. The molecule has 162 valence electrons. The summed E-state index contributed by atoms with van der Waals surface area (Å²) in [6.45, 7) is 4.43. The van der Waals surface area contributed by atoms with E-state index in [0.717, 1.165) is 5.01 Å². The zero-order chi connectivity index (χ0) is 22.4. The smallest absolute Gasteiger partial charge is 0.294 e. The van der Waals surface area contributed by atoms with Gasteiger partial charge in [0, 0.05) is 11.8 Å². The van der Waals surface area contributed by atoms with Crippen molar-refractivity contribution < 1.29 is 24.2 Å². The van der Waals surface area contributed by atoms with Gasteiger partial charge in [-0.2, -0.15) is 0 Å². The van der Waals surface area contributed by atoms with Crippen LogP contribution in [-0.2, 0) is 4.79 Å². The molecule has 32 heavy (non-hydrogen) atoms. The highest BCUT2D eigenvalue weighted by atomic mass is 32.1. The standard InChI is InChI=1S/C24H20N2O5S/c1-13-23(32-14(2)25-13)21(27)19-20(15-6-4-3-5-7-15)26(24(29)22(19)28)16-8-9-17-18(12-16)31-11-10-30-17/h3-9,12,20,28H,10-11H2,1-2H3. The Labute approximate surface area is 188 Å². The summed E-state index contributed by atoms with van der Waals surface area (Å²) in [4.78, 5) is 33.0. The molecule has 3 heterocycles. The van der Waals surface area contributed by atoms with Gasteiger partial charge in [0.2, 0.25) is 5.78 Å². The van der Waals surface area contributed by atoms with Gasteiger partial charge in [-0.1, -0.05) is 30.3 Å². The second-order valence-electron chi connectivity index (χ2n) is 7.56. The van der Waals surface area contributed by atoms with Crippen molar-refractivity contribution in [1.29, 1.82) is 0 Å². The van der Waals surface area contributed by atoms with E-state index in [1.165, 1.54) is 16.2 Å². The van der Waals surface area contributed by atoms with E-state index in [-0.39, 0.29) is 5.57 Å². The molecule has 1 amide bonds. The summed E-state index contributed by atoms with van der Waals surface area (Å²) < 4.78 is 11.3. The fourth-order valence-corrected chi connectivity index (χ4v) is 4.97. The highest BCUT2D eigenvalue weighted by Crippen LogP contribution is 2.44. The van der Waals surface area contributed by atoms with Crippen molar-refractivity contribution in [2.24, 2.45) is 0 Å². The van der Waals surface area contributed by atoms with Gasteiger partial charge in [0.25, 0.3) is 5.91 Å². The number of hydrogen-bond donors (Lipinski definition) is 1. The maximum Gasteiger partial charge on any atom is 0.294 e. The number of aryl methyl sites for hydroxylation is 2. The number of carbonyl (C=O) groups is 2. The number of carbonyl (C=O) groups excluding carboxylic acids is 2. The molecule has 0 spiro atoms. The number of aliphatic hydroxyl groups is 1. The Bertz CT molecular complexity index is 1260. The number of rotatable bonds is 4. The van der Waals surface area contributed by atoms with E-state index < -0.39 is 23.5 Å². The Kier molecular flexibility index (Phi) is 4.94. The molecule has 1 N–H and O–H groups in total. The molecular formula is C24H20N2O5S. The first-order valence-electron chi connectivity index (χ1n) is 10.2. The molecule has 0 fully saturated rings. The van der Waals surface area contributed by atoms with Crippen LogP contribution >= 0.6 is 11.3 Å². The van der Waals surface area contributed by atoms with E-state index in [0.29, 0.717) is 46.5 Å². The zero-order valence-corrected chi connectivity index (χ0v) is 18.3. The average Bonchev–Trinajstić information content (AvgIpc) is 3.29. The molecule has 7 nitrogen and oxygen atoms in total. The number of nitrogens with zero attached hydrogens (tertiary/aromatic N) is 2. The Morgan fingerprint density at radius 3 is 2.50 bits per heavy atom. The van der Waals surface area contributed by atoms with Crippen LogP contribution in [0, 0.1) is 13.8 Å². The number of benzene rings is 2. The van der Waals surface area contributed by atoms with Crippen LogP contribution in [-0.4, -0.2) is 35.0 Å². The van der Waals surface area contributed by atoms with Crippen molar-refractivity contribution in [1.82, 2.24) is 4.98 Å². The highest BCUT2D eigenvalue weighted by Gasteiger charge is 2.45. The number of Topliss-reactive ketones (excluding diaryl/α,β-unsaturated/α-hetero) is 1. The maximum atomic E-state index is 13.6. The lowest BCUT2D eigenvalue weighted by Crippen LogP contribution is -2.31. The van der Waals surface area contributed by atoms with E-state index >= 15 is 0 Å². The van der Waals surface area contributed by atoms with E-state index in [9.17, 15) is 14.7 Å². The van der Waals surface area contributed by atoms with Gasteiger partial charge >= 0.3 is 0 Å². The van der Waals surface area contributed by atoms with Gasteiger partial charge in [0.05, 0.1) is 27.2 Å².